The van der Waals surface area contributed by atoms with Crippen LogP contribution in [-0.4, -0.2) is 19.5 Å². The number of pyridine rings is 1. The molecule has 1 unspecified atom stereocenters. The zero-order valence-corrected chi connectivity index (χ0v) is 6.75. The average Bonchev–Trinajstić information content (AvgIpc) is 2.03. The lowest BCUT2D eigenvalue weighted by atomic mass is 10.2. The lowest BCUT2D eigenvalue weighted by Gasteiger charge is -1.95. The Morgan fingerprint density at radius 1 is 1.64 bits per heavy atom. The van der Waals surface area contributed by atoms with Gasteiger partial charge < -0.3 is 4.55 Å². The third kappa shape index (κ3) is 3.25. The van der Waals surface area contributed by atoms with Gasteiger partial charge in [0.15, 0.2) is 11.1 Å². The molecule has 0 spiro atoms. The normalized spacial score (nSPS) is 12.8. The number of hydrogen-bond donors (Lipinski definition) is 1. The van der Waals surface area contributed by atoms with Crippen LogP contribution in [-0.2, 0) is 17.5 Å². The van der Waals surface area contributed by atoms with Crippen molar-refractivity contribution in [3.05, 3.63) is 30.1 Å². The van der Waals surface area contributed by atoms with E-state index >= 15 is 0 Å². The van der Waals surface area contributed by atoms with E-state index in [1.165, 1.54) is 0 Å². The molecule has 0 amide bonds. The topological polar surface area (TPSA) is 50.2 Å². The summed E-state index contributed by atoms with van der Waals surface area (Å²) in [5.74, 6) is 0.283. The molecule has 0 aliphatic rings. The maximum atomic E-state index is 10.3. The molecule has 0 fully saturated rings. The summed E-state index contributed by atoms with van der Waals surface area (Å²) >= 11 is -1.69. The Kier molecular flexibility index (Phi) is 3.19. The van der Waals surface area contributed by atoms with Crippen LogP contribution < -0.4 is 0 Å². The van der Waals surface area contributed by atoms with Crippen molar-refractivity contribution in [2.45, 2.75) is 6.42 Å². The molecule has 4 heteroatoms. The van der Waals surface area contributed by atoms with Crippen molar-refractivity contribution in [3.63, 3.8) is 0 Å². The van der Waals surface area contributed by atoms with Crippen molar-refractivity contribution in [1.29, 1.82) is 0 Å². The molecule has 60 valence electrons. The van der Waals surface area contributed by atoms with Gasteiger partial charge in [0, 0.05) is 12.4 Å². The Bertz CT molecular complexity index is 237. The Balaban J connectivity index is 2.45. The molecule has 3 nitrogen and oxygen atoms in total. The van der Waals surface area contributed by atoms with E-state index in [-0.39, 0.29) is 5.75 Å². The van der Waals surface area contributed by atoms with Crippen molar-refractivity contribution in [2.75, 3.05) is 5.75 Å². The first-order valence-electron chi connectivity index (χ1n) is 3.25. The highest BCUT2D eigenvalue weighted by Gasteiger charge is 1.95. The Morgan fingerprint density at radius 2 is 2.45 bits per heavy atom. The van der Waals surface area contributed by atoms with Crippen LogP contribution in [0.2, 0.25) is 0 Å². The van der Waals surface area contributed by atoms with Crippen molar-refractivity contribution in [3.8, 4) is 0 Å². The quantitative estimate of drug-likeness (QED) is 0.686. The molecule has 11 heavy (non-hydrogen) atoms. The first-order chi connectivity index (χ1) is 5.29. The molecule has 1 N–H and O–H groups in total. The highest BCUT2D eigenvalue weighted by molar-refractivity contribution is 7.79. The van der Waals surface area contributed by atoms with Gasteiger partial charge in [-0.2, -0.15) is 0 Å². The lowest BCUT2D eigenvalue weighted by molar-refractivity contribution is 0.563. The minimum Gasteiger partial charge on any atom is -0.306 e. The second-order valence-electron chi connectivity index (χ2n) is 2.14. The first kappa shape index (κ1) is 8.36. The molecule has 0 saturated carbocycles. The number of aromatic nitrogens is 1. The summed E-state index contributed by atoms with van der Waals surface area (Å²) in [6.07, 6.45) is 3.99. The monoisotopic (exact) mass is 171 g/mol. The molecule has 1 aromatic heterocycles. The van der Waals surface area contributed by atoms with Crippen LogP contribution in [0.1, 0.15) is 5.56 Å². The van der Waals surface area contributed by atoms with Gasteiger partial charge in [0.1, 0.15) is 0 Å². The van der Waals surface area contributed by atoms with Crippen molar-refractivity contribution in [2.24, 2.45) is 0 Å². The fourth-order valence-electron chi connectivity index (χ4n) is 0.751. The number of rotatable bonds is 3. The number of aryl methyl sites for hydroxylation is 1. The molecule has 0 radical (unpaired) electrons. The Hall–Kier alpha value is -0.740. The van der Waals surface area contributed by atoms with Gasteiger partial charge in [-0.3, -0.25) is 4.98 Å². The van der Waals surface area contributed by atoms with Crippen LogP contribution in [0.5, 0.6) is 0 Å². The van der Waals surface area contributed by atoms with Crippen LogP contribution in [0.25, 0.3) is 0 Å². The van der Waals surface area contributed by atoms with Crippen LogP contribution >= 0.6 is 0 Å². The maximum absolute atomic E-state index is 10.3. The minimum absolute atomic E-state index is 0.283. The molecular formula is C7H9NO2S. The van der Waals surface area contributed by atoms with Crippen LogP contribution in [0, 0.1) is 0 Å². The molecule has 0 aliphatic heterocycles. The van der Waals surface area contributed by atoms with E-state index in [4.69, 9.17) is 4.55 Å². The summed E-state index contributed by atoms with van der Waals surface area (Å²) in [6, 6.07) is 3.70. The van der Waals surface area contributed by atoms with Gasteiger partial charge in [-0.15, -0.1) is 0 Å². The largest absolute Gasteiger partial charge is 0.306 e. The number of nitrogens with zero attached hydrogens (tertiary/aromatic N) is 1. The second kappa shape index (κ2) is 4.20. The van der Waals surface area contributed by atoms with Gasteiger partial charge in [-0.25, -0.2) is 4.21 Å². The van der Waals surface area contributed by atoms with Gasteiger partial charge in [-0.1, -0.05) is 6.07 Å². The second-order valence-corrected chi connectivity index (χ2v) is 3.19. The predicted molar refractivity (Wildman–Crippen MR) is 43.6 cm³/mol. The smallest absolute Gasteiger partial charge is 0.153 e. The highest BCUT2D eigenvalue weighted by atomic mass is 32.2. The van der Waals surface area contributed by atoms with E-state index in [9.17, 15) is 4.21 Å². The average molecular weight is 171 g/mol. The molecule has 0 bridgehead atoms. The zero-order chi connectivity index (χ0) is 8.10. The van der Waals surface area contributed by atoms with Gasteiger partial charge in [0.25, 0.3) is 0 Å². The van der Waals surface area contributed by atoms with E-state index in [1.807, 2.05) is 12.1 Å². The molecule has 0 aromatic carbocycles. The van der Waals surface area contributed by atoms with Gasteiger partial charge in [0.2, 0.25) is 0 Å². The third-order valence-corrected chi connectivity index (χ3v) is 1.84. The summed E-state index contributed by atoms with van der Waals surface area (Å²) in [5, 5.41) is 0. The maximum Gasteiger partial charge on any atom is 0.153 e. The van der Waals surface area contributed by atoms with Crippen LogP contribution in [0.15, 0.2) is 24.5 Å². The molecule has 1 rings (SSSR count). The highest BCUT2D eigenvalue weighted by Crippen LogP contribution is 1.96. The van der Waals surface area contributed by atoms with E-state index < -0.39 is 11.1 Å². The molecule has 1 aromatic rings. The molecule has 1 atom stereocenters. The molecule has 0 aliphatic carbocycles. The summed E-state index contributed by atoms with van der Waals surface area (Å²) < 4.78 is 18.7. The SMILES string of the molecule is O=S(O)CCc1cccnc1. The zero-order valence-electron chi connectivity index (χ0n) is 5.93. The summed E-state index contributed by atoms with van der Waals surface area (Å²) in [7, 11) is 0. The standard InChI is InChI=1S/C7H9NO2S/c9-11(10)5-3-7-2-1-4-8-6-7/h1-2,4,6H,3,5H2,(H,9,10). The molecular weight excluding hydrogens is 162 g/mol. The van der Waals surface area contributed by atoms with Gasteiger partial charge in [-0.05, 0) is 18.1 Å². The van der Waals surface area contributed by atoms with Crippen LogP contribution in [0.4, 0.5) is 0 Å². The van der Waals surface area contributed by atoms with E-state index in [1.54, 1.807) is 12.4 Å². The fraction of sp³-hybridized carbons (Fsp3) is 0.286. The molecule has 0 saturated heterocycles. The fourth-order valence-corrected chi connectivity index (χ4v) is 1.16. The lowest BCUT2D eigenvalue weighted by Crippen LogP contribution is -1.98. The van der Waals surface area contributed by atoms with Crippen molar-refractivity contribution >= 4 is 11.1 Å². The van der Waals surface area contributed by atoms with Gasteiger partial charge in [0.05, 0.1) is 5.75 Å². The third-order valence-electron chi connectivity index (χ3n) is 1.29. The number of hydrogen-bond acceptors (Lipinski definition) is 2. The van der Waals surface area contributed by atoms with Gasteiger partial charge >= 0.3 is 0 Å². The molecule has 1 heterocycles. The summed E-state index contributed by atoms with van der Waals surface area (Å²) in [4.78, 5) is 3.88. The van der Waals surface area contributed by atoms with E-state index in [0.717, 1.165) is 5.56 Å². The van der Waals surface area contributed by atoms with Crippen molar-refractivity contribution in [1.82, 2.24) is 4.98 Å². The van der Waals surface area contributed by atoms with E-state index in [0.29, 0.717) is 6.42 Å². The van der Waals surface area contributed by atoms with Crippen molar-refractivity contribution < 1.29 is 8.76 Å². The van der Waals surface area contributed by atoms with Crippen LogP contribution in [0.3, 0.4) is 0 Å². The Morgan fingerprint density at radius 3 is 3.00 bits per heavy atom. The first-order valence-corrected chi connectivity index (χ1v) is 4.53. The van der Waals surface area contributed by atoms with E-state index in [2.05, 4.69) is 4.98 Å². The Labute approximate surface area is 67.8 Å². The summed E-state index contributed by atoms with van der Waals surface area (Å²) in [5.41, 5.74) is 0.995. The minimum atomic E-state index is -1.69. The predicted octanol–water partition coefficient (Wildman–Crippen LogP) is 0.846. The summed E-state index contributed by atoms with van der Waals surface area (Å²) in [6.45, 7) is 0.